The molecule has 1 aliphatic rings. The average molecular weight is 400 g/mol. The molecule has 1 aliphatic heterocycles. The number of hydrogen-bond acceptors (Lipinski definition) is 3. The summed E-state index contributed by atoms with van der Waals surface area (Å²) in [7, 11) is 1.71. The Morgan fingerprint density at radius 3 is 2.39 bits per heavy atom. The number of hydrogen-bond donors (Lipinski definition) is 2. The molecule has 0 amide bonds. The van der Waals surface area contributed by atoms with Crippen LogP contribution in [0.15, 0.2) is 29.3 Å². The van der Waals surface area contributed by atoms with E-state index in [9.17, 15) is 13.2 Å². The Morgan fingerprint density at radius 1 is 1.14 bits per heavy atom. The molecule has 8 heteroatoms. The van der Waals surface area contributed by atoms with Crippen LogP contribution in [0.1, 0.15) is 24.8 Å². The van der Waals surface area contributed by atoms with Gasteiger partial charge in [0.15, 0.2) is 5.96 Å². The molecule has 158 valence electrons. The monoisotopic (exact) mass is 400 g/mol. The summed E-state index contributed by atoms with van der Waals surface area (Å²) in [6, 6.07) is 7.92. The summed E-state index contributed by atoms with van der Waals surface area (Å²) in [5.74, 6) is 2.01. The summed E-state index contributed by atoms with van der Waals surface area (Å²) < 4.78 is 43.0. The Labute approximate surface area is 165 Å². The smallest absolute Gasteiger partial charge is 0.401 e. The summed E-state index contributed by atoms with van der Waals surface area (Å²) in [5, 5.41) is 6.46. The fourth-order valence-electron chi connectivity index (χ4n) is 3.27. The number of aliphatic imine (C=N–C) groups is 1. The Kier molecular flexibility index (Phi) is 8.89. The van der Waals surface area contributed by atoms with Crippen molar-refractivity contribution in [1.29, 1.82) is 0 Å². The van der Waals surface area contributed by atoms with E-state index in [-0.39, 0.29) is 0 Å². The zero-order chi connectivity index (χ0) is 20.4. The summed E-state index contributed by atoms with van der Waals surface area (Å²) >= 11 is 0. The lowest BCUT2D eigenvalue weighted by molar-refractivity contribution is -0.148. The maximum Gasteiger partial charge on any atom is 0.401 e. The van der Waals surface area contributed by atoms with Gasteiger partial charge in [-0.1, -0.05) is 17.7 Å². The van der Waals surface area contributed by atoms with Crippen LogP contribution >= 0.6 is 0 Å². The Bertz CT molecular complexity index is 596. The van der Waals surface area contributed by atoms with Crippen LogP contribution in [0.4, 0.5) is 13.2 Å². The van der Waals surface area contributed by atoms with Gasteiger partial charge in [0, 0.05) is 13.6 Å². The molecule has 0 atom stereocenters. The first-order chi connectivity index (χ1) is 13.4. The van der Waals surface area contributed by atoms with Gasteiger partial charge in [-0.05, 0) is 57.3 Å². The number of rotatable bonds is 8. The first-order valence-electron chi connectivity index (χ1n) is 9.79. The number of alkyl halides is 3. The second-order valence-electron chi connectivity index (χ2n) is 7.21. The second-order valence-corrected chi connectivity index (χ2v) is 7.21. The van der Waals surface area contributed by atoms with Crippen LogP contribution < -0.4 is 15.4 Å². The highest BCUT2D eigenvalue weighted by atomic mass is 19.4. The van der Waals surface area contributed by atoms with Crippen LogP contribution in [0.25, 0.3) is 0 Å². The quantitative estimate of drug-likeness (QED) is 0.400. The Morgan fingerprint density at radius 2 is 1.79 bits per heavy atom. The standard InChI is InChI=1S/C20H31F3N4O/c1-16-3-5-18(6-4-16)28-14-11-26-19(24-2)25-10-7-17-8-12-27(13-9-17)15-20(21,22)23/h3-6,17H,7-15H2,1-2H3,(H2,24,25,26). The van der Waals surface area contributed by atoms with E-state index in [0.29, 0.717) is 38.1 Å². The molecule has 1 heterocycles. The van der Waals surface area contributed by atoms with Crippen LogP contribution in [0.3, 0.4) is 0 Å². The van der Waals surface area contributed by atoms with E-state index >= 15 is 0 Å². The van der Waals surface area contributed by atoms with E-state index in [2.05, 4.69) is 15.6 Å². The lowest BCUT2D eigenvalue weighted by Gasteiger charge is -2.32. The Balaban J connectivity index is 1.55. The molecule has 0 saturated carbocycles. The molecule has 28 heavy (non-hydrogen) atoms. The number of guanidine groups is 1. The van der Waals surface area contributed by atoms with Crippen molar-refractivity contribution in [3.8, 4) is 5.75 Å². The number of benzene rings is 1. The van der Waals surface area contributed by atoms with Crippen molar-refractivity contribution in [2.24, 2.45) is 10.9 Å². The van der Waals surface area contributed by atoms with Gasteiger partial charge < -0.3 is 15.4 Å². The summed E-state index contributed by atoms with van der Waals surface area (Å²) in [6.45, 7) is 4.19. The van der Waals surface area contributed by atoms with Crippen molar-refractivity contribution >= 4 is 5.96 Å². The van der Waals surface area contributed by atoms with Crippen LogP contribution in [0.5, 0.6) is 5.75 Å². The zero-order valence-electron chi connectivity index (χ0n) is 16.7. The van der Waals surface area contributed by atoms with Crippen LogP contribution in [0, 0.1) is 12.8 Å². The number of halogens is 3. The molecule has 1 saturated heterocycles. The predicted molar refractivity (Wildman–Crippen MR) is 106 cm³/mol. The lowest BCUT2D eigenvalue weighted by atomic mass is 9.93. The molecule has 0 spiro atoms. The van der Waals surface area contributed by atoms with Crippen LogP contribution in [-0.2, 0) is 0 Å². The third-order valence-corrected chi connectivity index (χ3v) is 4.86. The zero-order valence-corrected chi connectivity index (χ0v) is 16.7. The van der Waals surface area contributed by atoms with Gasteiger partial charge in [-0.15, -0.1) is 0 Å². The number of likely N-dealkylation sites (tertiary alicyclic amines) is 1. The van der Waals surface area contributed by atoms with Gasteiger partial charge in [-0.3, -0.25) is 9.89 Å². The SMILES string of the molecule is CN=C(NCCOc1ccc(C)cc1)NCCC1CCN(CC(F)(F)F)CC1. The van der Waals surface area contributed by atoms with Crippen molar-refractivity contribution < 1.29 is 17.9 Å². The van der Waals surface area contributed by atoms with Gasteiger partial charge in [-0.25, -0.2) is 0 Å². The molecule has 1 fully saturated rings. The average Bonchev–Trinajstić information content (AvgIpc) is 2.65. The Hall–Kier alpha value is -1.96. The summed E-state index contributed by atoms with van der Waals surface area (Å²) in [4.78, 5) is 5.68. The van der Waals surface area contributed by atoms with E-state index < -0.39 is 12.7 Å². The molecule has 1 aromatic carbocycles. The van der Waals surface area contributed by atoms with E-state index in [4.69, 9.17) is 4.74 Å². The first-order valence-corrected chi connectivity index (χ1v) is 9.79. The molecule has 0 aromatic heterocycles. The van der Waals surface area contributed by atoms with Crippen molar-refractivity contribution in [1.82, 2.24) is 15.5 Å². The molecule has 5 nitrogen and oxygen atoms in total. The van der Waals surface area contributed by atoms with Crippen LogP contribution in [0.2, 0.25) is 0 Å². The van der Waals surface area contributed by atoms with E-state index in [0.717, 1.165) is 31.6 Å². The highest BCUT2D eigenvalue weighted by Gasteiger charge is 2.32. The van der Waals surface area contributed by atoms with E-state index in [1.54, 1.807) is 7.05 Å². The molecule has 0 bridgehead atoms. The number of nitrogens with one attached hydrogen (secondary N) is 2. The minimum atomic E-state index is -4.10. The van der Waals surface area contributed by atoms with Gasteiger partial charge in [0.05, 0.1) is 13.1 Å². The van der Waals surface area contributed by atoms with Crippen molar-refractivity contribution in [3.63, 3.8) is 0 Å². The van der Waals surface area contributed by atoms with Gasteiger partial charge >= 0.3 is 6.18 Å². The molecule has 0 radical (unpaired) electrons. The van der Waals surface area contributed by atoms with Gasteiger partial charge in [0.2, 0.25) is 0 Å². The maximum atomic E-state index is 12.4. The largest absolute Gasteiger partial charge is 0.492 e. The minimum Gasteiger partial charge on any atom is -0.492 e. The van der Waals surface area contributed by atoms with Crippen molar-refractivity contribution in [3.05, 3.63) is 29.8 Å². The topological polar surface area (TPSA) is 48.9 Å². The number of nitrogens with zero attached hydrogens (tertiary/aromatic N) is 2. The first kappa shape index (κ1) is 22.3. The molecule has 1 aromatic rings. The molecule has 0 unspecified atom stereocenters. The molecular weight excluding hydrogens is 369 g/mol. The fraction of sp³-hybridized carbons (Fsp3) is 0.650. The number of ether oxygens (including phenoxy) is 1. The summed E-state index contributed by atoms with van der Waals surface area (Å²) in [5.41, 5.74) is 1.20. The highest BCUT2D eigenvalue weighted by Crippen LogP contribution is 2.23. The molecule has 2 N–H and O–H groups in total. The summed E-state index contributed by atoms with van der Waals surface area (Å²) in [6.07, 6.45) is -1.54. The second kappa shape index (κ2) is 11.1. The third-order valence-electron chi connectivity index (χ3n) is 4.86. The van der Waals surface area contributed by atoms with Crippen molar-refractivity contribution in [2.75, 3.05) is 46.4 Å². The molecular formula is C20H31F3N4O. The number of piperidine rings is 1. The lowest BCUT2D eigenvalue weighted by Crippen LogP contribution is -2.42. The third kappa shape index (κ3) is 8.82. The minimum absolute atomic E-state index is 0.458. The van der Waals surface area contributed by atoms with Crippen molar-refractivity contribution in [2.45, 2.75) is 32.4 Å². The van der Waals surface area contributed by atoms with Crippen LogP contribution in [-0.4, -0.2) is 63.4 Å². The predicted octanol–water partition coefficient (Wildman–Crippen LogP) is 3.20. The molecule has 0 aliphatic carbocycles. The fourth-order valence-corrected chi connectivity index (χ4v) is 3.27. The highest BCUT2D eigenvalue weighted by molar-refractivity contribution is 5.79. The number of aryl methyl sites for hydroxylation is 1. The van der Waals surface area contributed by atoms with E-state index in [1.807, 2.05) is 31.2 Å². The maximum absolute atomic E-state index is 12.4. The van der Waals surface area contributed by atoms with Gasteiger partial charge in [-0.2, -0.15) is 13.2 Å². The van der Waals surface area contributed by atoms with Gasteiger partial charge in [0.1, 0.15) is 12.4 Å². The van der Waals surface area contributed by atoms with E-state index in [1.165, 1.54) is 10.5 Å². The molecule has 2 rings (SSSR count). The normalized spacial score (nSPS) is 16.8. The van der Waals surface area contributed by atoms with Gasteiger partial charge in [0.25, 0.3) is 0 Å².